The van der Waals surface area contributed by atoms with Crippen molar-refractivity contribution < 1.29 is 4.79 Å². The molecule has 0 fully saturated rings. The van der Waals surface area contributed by atoms with Crippen molar-refractivity contribution in [1.29, 1.82) is 0 Å². The number of amides is 2. The van der Waals surface area contributed by atoms with E-state index < -0.39 is 0 Å². The maximum Gasteiger partial charge on any atom is 0.336 e. The zero-order valence-electron chi connectivity index (χ0n) is 17.2. The molecule has 1 atom stereocenters. The Morgan fingerprint density at radius 1 is 1.36 bits per heavy atom. The van der Waals surface area contributed by atoms with Gasteiger partial charge < -0.3 is 4.90 Å². The maximum atomic E-state index is 12.7. The Balaban J connectivity index is 1.81. The summed E-state index contributed by atoms with van der Waals surface area (Å²) in [5, 5.41) is 1.29. The van der Waals surface area contributed by atoms with Crippen molar-refractivity contribution in [3.05, 3.63) is 53.8 Å². The number of aromatic nitrogens is 1. The third-order valence-electron chi connectivity index (χ3n) is 6.27. The van der Waals surface area contributed by atoms with Gasteiger partial charge in [-0.25, -0.2) is 10.2 Å². The van der Waals surface area contributed by atoms with Gasteiger partial charge in [0, 0.05) is 43.3 Å². The Bertz CT molecular complexity index is 951. The van der Waals surface area contributed by atoms with Gasteiger partial charge in [-0.3, -0.25) is 9.58 Å². The van der Waals surface area contributed by atoms with E-state index in [0.29, 0.717) is 19.1 Å². The van der Waals surface area contributed by atoms with Crippen molar-refractivity contribution in [3.63, 3.8) is 0 Å². The maximum absolute atomic E-state index is 12.7. The second-order valence-corrected chi connectivity index (χ2v) is 7.64. The summed E-state index contributed by atoms with van der Waals surface area (Å²) in [6, 6.07) is 6.79. The molecular weight excluding hydrogens is 348 g/mol. The summed E-state index contributed by atoms with van der Waals surface area (Å²) in [5.41, 5.74) is 9.45. The summed E-state index contributed by atoms with van der Waals surface area (Å²) in [7, 11) is 0. The van der Waals surface area contributed by atoms with Crippen LogP contribution in [0.15, 0.2) is 36.9 Å². The molecule has 2 aliphatic rings. The highest BCUT2D eigenvalue weighted by Crippen LogP contribution is 2.42. The Labute approximate surface area is 167 Å². The van der Waals surface area contributed by atoms with Gasteiger partial charge in [-0.1, -0.05) is 24.3 Å². The van der Waals surface area contributed by atoms with Crippen molar-refractivity contribution in [2.24, 2.45) is 0 Å². The molecule has 0 bridgehead atoms. The normalized spacial score (nSPS) is 18.5. The molecule has 1 N–H and O–H groups in total. The average molecular weight is 379 g/mol. The van der Waals surface area contributed by atoms with Gasteiger partial charge in [0.2, 0.25) is 0 Å². The fourth-order valence-corrected chi connectivity index (χ4v) is 4.83. The largest absolute Gasteiger partial charge is 0.336 e. The Kier molecular flexibility index (Phi) is 5.02. The number of fused-ring (bicyclic) bond motifs is 2. The lowest BCUT2D eigenvalue weighted by Crippen LogP contribution is -2.42. The highest BCUT2D eigenvalue weighted by Gasteiger charge is 2.34. The topological polar surface area (TPSA) is 40.5 Å². The SMILES string of the molecule is C=CCN1CCC=C2c3cccc4c3c(c(C)n4NC(=O)N(CC)CC)C[C@H]21. The third-order valence-corrected chi connectivity index (χ3v) is 6.27. The number of benzene rings is 1. The quantitative estimate of drug-likeness (QED) is 0.794. The predicted octanol–water partition coefficient (Wildman–Crippen LogP) is 4.15. The van der Waals surface area contributed by atoms with Gasteiger partial charge in [-0.05, 0) is 56.4 Å². The van der Waals surface area contributed by atoms with E-state index in [1.54, 1.807) is 0 Å². The van der Waals surface area contributed by atoms with Crippen LogP contribution in [0.1, 0.15) is 37.1 Å². The summed E-state index contributed by atoms with van der Waals surface area (Å²) in [5.74, 6) is 0. The van der Waals surface area contributed by atoms with Crippen molar-refractivity contribution in [2.75, 3.05) is 31.6 Å². The number of hydrogen-bond acceptors (Lipinski definition) is 2. The first kappa shape index (κ1) is 18.8. The first-order valence-electron chi connectivity index (χ1n) is 10.3. The van der Waals surface area contributed by atoms with E-state index in [9.17, 15) is 4.79 Å². The van der Waals surface area contributed by atoms with Crippen LogP contribution in [-0.2, 0) is 6.42 Å². The fourth-order valence-electron chi connectivity index (χ4n) is 4.83. The van der Waals surface area contributed by atoms with Crippen LogP contribution >= 0.6 is 0 Å². The molecule has 0 spiro atoms. The molecule has 148 valence electrons. The van der Waals surface area contributed by atoms with Gasteiger partial charge in [0.05, 0.1) is 5.52 Å². The molecule has 1 aromatic heterocycles. The van der Waals surface area contributed by atoms with Crippen molar-refractivity contribution >= 4 is 22.5 Å². The van der Waals surface area contributed by atoms with Crippen LogP contribution in [0.4, 0.5) is 4.79 Å². The molecule has 4 rings (SSSR count). The zero-order valence-corrected chi connectivity index (χ0v) is 17.2. The summed E-state index contributed by atoms with van der Waals surface area (Å²) >= 11 is 0. The van der Waals surface area contributed by atoms with E-state index in [1.165, 1.54) is 22.1 Å². The van der Waals surface area contributed by atoms with Crippen molar-refractivity contribution in [3.8, 4) is 0 Å². The van der Waals surface area contributed by atoms with E-state index >= 15 is 0 Å². The summed E-state index contributed by atoms with van der Waals surface area (Å²) in [4.78, 5) is 17.1. The molecule has 0 saturated carbocycles. The number of nitrogens with one attached hydrogen (secondary N) is 1. The number of hydrogen-bond donors (Lipinski definition) is 1. The second kappa shape index (κ2) is 7.47. The number of urea groups is 1. The molecule has 0 unspecified atom stereocenters. The Hall–Kier alpha value is -2.53. The standard InChI is InChI=1S/C23H30N4O/c1-5-13-26-14-9-11-17-18-10-8-12-20-22(18)19(15-21(17)26)16(4)27(20)24-23(28)25(6-2)7-3/h5,8,10-12,21H,1,6-7,9,13-15H2,2-4H3,(H,24,28)/t21-/m1/s1. The van der Waals surface area contributed by atoms with Gasteiger partial charge in [-0.15, -0.1) is 6.58 Å². The predicted molar refractivity (Wildman–Crippen MR) is 116 cm³/mol. The molecule has 1 aliphatic heterocycles. The second-order valence-electron chi connectivity index (χ2n) is 7.64. The summed E-state index contributed by atoms with van der Waals surface area (Å²) < 4.78 is 1.99. The zero-order chi connectivity index (χ0) is 19.8. The molecule has 5 nitrogen and oxygen atoms in total. The van der Waals surface area contributed by atoms with Crippen LogP contribution < -0.4 is 5.43 Å². The number of carbonyl (C=O) groups is 1. The van der Waals surface area contributed by atoms with Crippen LogP contribution in [-0.4, -0.2) is 52.7 Å². The van der Waals surface area contributed by atoms with Gasteiger partial charge >= 0.3 is 6.03 Å². The average Bonchev–Trinajstić information content (AvgIpc) is 2.97. The minimum absolute atomic E-state index is 0.0499. The molecule has 0 radical (unpaired) electrons. The van der Waals surface area contributed by atoms with Gasteiger partial charge in [0.25, 0.3) is 0 Å². The summed E-state index contributed by atoms with van der Waals surface area (Å²) in [6.07, 6.45) is 6.46. The molecule has 1 aromatic carbocycles. The van der Waals surface area contributed by atoms with Gasteiger partial charge in [0.1, 0.15) is 0 Å². The lowest BCUT2D eigenvalue weighted by Gasteiger charge is -2.38. The first-order valence-corrected chi connectivity index (χ1v) is 10.3. The van der Waals surface area contributed by atoms with E-state index in [1.807, 2.05) is 29.5 Å². The fraction of sp³-hybridized carbons (Fsp3) is 0.435. The Morgan fingerprint density at radius 2 is 2.14 bits per heavy atom. The minimum Gasteiger partial charge on any atom is -0.324 e. The molecule has 2 aromatic rings. The first-order chi connectivity index (χ1) is 13.6. The number of nitrogens with zero attached hydrogens (tertiary/aromatic N) is 3. The summed E-state index contributed by atoms with van der Waals surface area (Å²) in [6.45, 7) is 13.5. The molecule has 2 amide bonds. The van der Waals surface area contributed by atoms with Crippen molar-refractivity contribution in [2.45, 2.75) is 39.7 Å². The van der Waals surface area contributed by atoms with E-state index in [2.05, 4.69) is 48.1 Å². The van der Waals surface area contributed by atoms with E-state index in [0.717, 1.165) is 37.1 Å². The molecule has 5 heteroatoms. The third kappa shape index (κ3) is 2.85. The van der Waals surface area contributed by atoms with Gasteiger partial charge in [0.15, 0.2) is 0 Å². The van der Waals surface area contributed by atoms with E-state index in [4.69, 9.17) is 0 Å². The van der Waals surface area contributed by atoms with Crippen molar-refractivity contribution in [1.82, 2.24) is 14.5 Å². The highest BCUT2D eigenvalue weighted by molar-refractivity contribution is 6.00. The van der Waals surface area contributed by atoms with Gasteiger partial charge in [-0.2, -0.15) is 0 Å². The molecule has 2 heterocycles. The highest BCUT2D eigenvalue weighted by atomic mass is 16.2. The minimum atomic E-state index is -0.0499. The number of carbonyl (C=O) groups excluding carboxylic acids is 1. The Morgan fingerprint density at radius 3 is 2.86 bits per heavy atom. The lowest BCUT2D eigenvalue weighted by molar-refractivity contribution is 0.214. The number of rotatable bonds is 5. The smallest absolute Gasteiger partial charge is 0.324 e. The van der Waals surface area contributed by atoms with Crippen LogP contribution in [0, 0.1) is 6.92 Å². The van der Waals surface area contributed by atoms with E-state index in [-0.39, 0.29) is 6.03 Å². The van der Waals surface area contributed by atoms with Crippen LogP contribution in [0.3, 0.4) is 0 Å². The molecule has 28 heavy (non-hydrogen) atoms. The monoisotopic (exact) mass is 378 g/mol. The van der Waals surface area contributed by atoms with Crippen LogP contribution in [0.25, 0.3) is 16.5 Å². The van der Waals surface area contributed by atoms with Crippen LogP contribution in [0.2, 0.25) is 0 Å². The lowest BCUT2D eigenvalue weighted by atomic mass is 9.81. The van der Waals surface area contributed by atoms with Crippen LogP contribution in [0.5, 0.6) is 0 Å². The molecule has 1 aliphatic carbocycles. The molecular formula is C23H30N4O. The molecule has 0 saturated heterocycles.